The van der Waals surface area contributed by atoms with Gasteiger partial charge in [-0.15, -0.1) is 6.58 Å². The Labute approximate surface area is 98.8 Å². The molecule has 0 aliphatic rings. The van der Waals surface area contributed by atoms with Gasteiger partial charge in [-0.3, -0.25) is 0 Å². The molecule has 0 saturated heterocycles. The average Bonchev–Trinajstić information content (AvgIpc) is 2.72. The van der Waals surface area contributed by atoms with Crippen LogP contribution in [0.1, 0.15) is 5.56 Å². The number of para-hydroxylation sites is 1. The fourth-order valence-electron chi connectivity index (χ4n) is 1.83. The third-order valence-corrected chi connectivity index (χ3v) is 2.92. The van der Waals surface area contributed by atoms with Gasteiger partial charge in [0.2, 0.25) is 0 Å². The van der Waals surface area contributed by atoms with Crippen LogP contribution in [0.2, 0.25) is 0 Å². The van der Waals surface area contributed by atoms with Crippen LogP contribution in [-0.2, 0) is 11.2 Å². The zero-order valence-corrected chi connectivity index (χ0v) is 9.31. The Morgan fingerprint density at radius 3 is 2.88 bits per heavy atom. The number of fused-ring (bicyclic) bond motifs is 1. The first-order valence-electron chi connectivity index (χ1n) is 5.28. The van der Waals surface area contributed by atoms with Gasteiger partial charge in [0, 0.05) is 23.5 Å². The highest BCUT2D eigenvalue weighted by atomic mass is 16.4. The molecule has 1 aromatic heterocycles. The zero-order chi connectivity index (χ0) is 12.5. The van der Waals surface area contributed by atoms with Crippen LogP contribution in [0.5, 0.6) is 0 Å². The molecule has 0 fully saturated rings. The largest absolute Gasteiger partial charge is 0.480 e. The minimum absolute atomic E-state index is 0.218. The number of rotatable bonds is 4. The first-order chi connectivity index (χ1) is 8.07. The van der Waals surface area contributed by atoms with Crippen molar-refractivity contribution in [3.8, 4) is 0 Å². The van der Waals surface area contributed by atoms with Gasteiger partial charge >= 0.3 is 5.97 Å². The summed E-state index contributed by atoms with van der Waals surface area (Å²) < 4.78 is 0. The van der Waals surface area contributed by atoms with Gasteiger partial charge in [-0.2, -0.15) is 0 Å². The molecule has 0 aliphatic carbocycles. The number of aromatic nitrogens is 1. The Morgan fingerprint density at radius 1 is 1.53 bits per heavy atom. The second-order valence-corrected chi connectivity index (χ2v) is 4.09. The number of aliphatic carboxylic acids is 1. The lowest BCUT2D eigenvalue weighted by molar-refractivity contribution is -0.141. The maximum Gasteiger partial charge on any atom is 0.328 e. The van der Waals surface area contributed by atoms with Crippen LogP contribution in [0.25, 0.3) is 10.9 Å². The predicted octanol–water partition coefficient (Wildman–Crippen LogP) is 1.68. The number of H-pyrrole nitrogens is 1. The third-order valence-electron chi connectivity index (χ3n) is 2.92. The molecule has 4 nitrogen and oxygen atoms in total. The second kappa shape index (κ2) is 4.07. The van der Waals surface area contributed by atoms with Crippen LogP contribution >= 0.6 is 0 Å². The molecule has 88 valence electrons. The molecule has 17 heavy (non-hydrogen) atoms. The predicted molar refractivity (Wildman–Crippen MR) is 66.8 cm³/mol. The maximum atomic E-state index is 11.1. The van der Waals surface area contributed by atoms with Gasteiger partial charge in [-0.1, -0.05) is 24.3 Å². The summed E-state index contributed by atoms with van der Waals surface area (Å²) in [5, 5.41) is 10.1. The van der Waals surface area contributed by atoms with Crippen LogP contribution in [0.3, 0.4) is 0 Å². The Kier molecular flexibility index (Phi) is 2.73. The summed E-state index contributed by atoms with van der Waals surface area (Å²) in [6, 6.07) is 7.70. The van der Waals surface area contributed by atoms with Gasteiger partial charge in [0.1, 0.15) is 5.54 Å². The van der Waals surface area contributed by atoms with E-state index in [4.69, 9.17) is 10.8 Å². The van der Waals surface area contributed by atoms with Gasteiger partial charge in [-0.05, 0) is 11.6 Å². The fourth-order valence-corrected chi connectivity index (χ4v) is 1.83. The molecule has 4 N–H and O–H groups in total. The van der Waals surface area contributed by atoms with E-state index in [9.17, 15) is 4.79 Å². The van der Waals surface area contributed by atoms with E-state index in [1.165, 1.54) is 6.08 Å². The van der Waals surface area contributed by atoms with Crippen LogP contribution in [-0.4, -0.2) is 21.6 Å². The lowest BCUT2D eigenvalue weighted by atomic mass is 9.92. The number of nitrogens with two attached hydrogens (primary N) is 1. The Hall–Kier alpha value is -2.07. The molecule has 0 bridgehead atoms. The number of hydrogen-bond acceptors (Lipinski definition) is 2. The highest BCUT2D eigenvalue weighted by molar-refractivity contribution is 5.86. The molecular formula is C13H14N2O2. The summed E-state index contributed by atoms with van der Waals surface area (Å²) >= 11 is 0. The third kappa shape index (κ3) is 1.94. The van der Waals surface area contributed by atoms with Crippen LogP contribution in [0.4, 0.5) is 0 Å². The molecule has 2 aromatic rings. The van der Waals surface area contributed by atoms with Gasteiger partial charge in [0.25, 0.3) is 0 Å². The van der Waals surface area contributed by atoms with Crippen LogP contribution in [0.15, 0.2) is 43.1 Å². The smallest absolute Gasteiger partial charge is 0.328 e. The van der Waals surface area contributed by atoms with Gasteiger partial charge < -0.3 is 15.8 Å². The van der Waals surface area contributed by atoms with Crippen LogP contribution in [0, 0.1) is 0 Å². The lowest BCUT2D eigenvalue weighted by Gasteiger charge is -2.19. The molecule has 0 saturated carbocycles. The molecule has 0 spiro atoms. The van der Waals surface area contributed by atoms with E-state index in [1.54, 1.807) is 6.20 Å². The average molecular weight is 230 g/mol. The number of benzene rings is 1. The minimum Gasteiger partial charge on any atom is -0.480 e. The number of aromatic amines is 1. The van der Waals surface area contributed by atoms with E-state index < -0.39 is 11.5 Å². The van der Waals surface area contributed by atoms with Crippen molar-refractivity contribution in [2.75, 3.05) is 0 Å². The van der Waals surface area contributed by atoms with Crippen molar-refractivity contribution in [3.63, 3.8) is 0 Å². The summed E-state index contributed by atoms with van der Waals surface area (Å²) in [5.74, 6) is -1.07. The summed E-state index contributed by atoms with van der Waals surface area (Å²) in [6.07, 6.45) is 3.28. The molecule has 0 aliphatic heterocycles. The zero-order valence-electron chi connectivity index (χ0n) is 9.31. The van der Waals surface area contributed by atoms with Crippen molar-refractivity contribution in [3.05, 3.63) is 48.7 Å². The van der Waals surface area contributed by atoms with E-state index >= 15 is 0 Å². The first kappa shape index (κ1) is 11.4. The molecule has 1 aromatic carbocycles. The van der Waals surface area contributed by atoms with Crippen molar-refractivity contribution in [1.82, 2.24) is 4.98 Å². The van der Waals surface area contributed by atoms with Crippen molar-refractivity contribution >= 4 is 16.9 Å². The Bertz CT molecular complexity index is 574. The summed E-state index contributed by atoms with van der Waals surface area (Å²) in [7, 11) is 0. The minimum atomic E-state index is -1.43. The molecule has 1 heterocycles. The maximum absolute atomic E-state index is 11.1. The van der Waals surface area contributed by atoms with Gasteiger partial charge in [0.15, 0.2) is 0 Å². The molecule has 4 heteroatoms. The number of carbonyl (C=O) groups is 1. The number of carboxylic acids is 1. The molecular weight excluding hydrogens is 216 g/mol. The van der Waals surface area contributed by atoms with E-state index in [0.717, 1.165) is 16.5 Å². The van der Waals surface area contributed by atoms with E-state index in [1.807, 2.05) is 24.3 Å². The van der Waals surface area contributed by atoms with Crippen LogP contribution < -0.4 is 5.73 Å². The molecule has 0 unspecified atom stereocenters. The van der Waals surface area contributed by atoms with Gasteiger partial charge in [-0.25, -0.2) is 4.79 Å². The normalized spacial score (nSPS) is 14.4. The number of carboxylic acid groups (broad SMARTS) is 1. The summed E-state index contributed by atoms with van der Waals surface area (Å²) in [6.45, 7) is 3.50. The lowest BCUT2D eigenvalue weighted by Crippen LogP contribution is -2.47. The summed E-state index contributed by atoms with van der Waals surface area (Å²) in [4.78, 5) is 14.2. The SMILES string of the molecule is C=C[C@](N)(Cc1c[nH]c2ccccc12)C(=O)O. The first-order valence-corrected chi connectivity index (χ1v) is 5.28. The van der Waals surface area contributed by atoms with Crippen molar-refractivity contribution in [1.29, 1.82) is 0 Å². The van der Waals surface area contributed by atoms with E-state index in [0.29, 0.717) is 0 Å². The summed E-state index contributed by atoms with van der Waals surface area (Å²) in [5.41, 5.74) is 6.22. The monoisotopic (exact) mass is 230 g/mol. The van der Waals surface area contributed by atoms with Crippen molar-refractivity contribution in [2.45, 2.75) is 12.0 Å². The molecule has 1 atom stereocenters. The Morgan fingerprint density at radius 2 is 2.24 bits per heavy atom. The van der Waals surface area contributed by atoms with E-state index in [2.05, 4.69) is 11.6 Å². The standard InChI is InChI=1S/C13H14N2O2/c1-2-13(14,12(16)17)7-9-8-15-11-6-4-3-5-10(9)11/h2-6,8,15H,1,7,14H2,(H,16,17)/t13-/m0/s1. The second-order valence-electron chi connectivity index (χ2n) is 4.09. The quantitative estimate of drug-likeness (QED) is 0.699. The molecule has 0 amide bonds. The molecule has 0 radical (unpaired) electrons. The highest BCUT2D eigenvalue weighted by Gasteiger charge is 2.31. The molecule has 2 rings (SSSR count). The van der Waals surface area contributed by atoms with Crippen molar-refractivity contribution < 1.29 is 9.90 Å². The van der Waals surface area contributed by atoms with E-state index in [-0.39, 0.29) is 6.42 Å². The van der Waals surface area contributed by atoms with Crippen molar-refractivity contribution in [2.24, 2.45) is 5.73 Å². The Balaban J connectivity index is 2.42. The fraction of sp³-hybridized carbons (Fsp3) is 0.154. The number of hydrogen-bond donors (Lipinski definition) is 3. The number of nitrogens with one attached hydrogen (secondary N) is 1. The highest BCUT2D eigenvalue weighted by Crippen LogP contribution is 2.22. The topological polar surface area (TPSA) is 79.1 Å². The van der Waals surface area contributed by atoms with Gasteiger partial charge in [0.05, 0.1) is 0 Å².